The highest BCUT2D eigenvalue weighted by atomic mass is 32.2. The molecule has 1 aliphatic rings. The van der Waals surface area contributed by atoms with Crippen LogP contribution in [0.4, 0.5) is 4.79 Å². The molecule has 0 aliphatic carbocycles. The summed E-state index contributed by atoms with van der Waals surface area (Å²) in [6.45, 7) is 3.90. The standard InChI is InChI=1S/C17H27N5O4S/c1-2-26-17(23)22-11-8-14(9-12-22)21-16(18)20-10-7-13-3-5-15(6-4-13)27(19,24)25/h3-6,14H,2,7-12H2,1H3,(H3,18,20,21)(H2,19,24,25). The van der Waals surface area contributed by atoms with E-state index < -0.39 is 10.0 Å². The Bertz CT molecular complexity index is 756. The molecular weight excluding hydrogens is 370 g/mol. The smallest absolute Gasteiger partial charge is 0.409 e. The van der Waals surface area contributed by atoms with Gasteiger partial charge in [0, 0.05) is 25.7 Å². The predicted octanol–water partition coefficient (Wildman–Crippen LogP) is 0.402. The van der Waals surface area contributed by atoms with E-state index in [0.717, 1.165) is 18.4 Å². The van der Waals surface area contributed by atoms with Crippen molar-refractivity contribution in [3.8, 4) is 0 Å². The lowest BCUT2D eigenvalue weighted by Crippen LogP contribution is -2.48. The average molecular weight is 398 g/mol. The highest BCUT2D eigenvalue weighted by Gasteiger charge is 2.23. The van der Waals surface area contributed by atoms with E-state index in [4.69, 9.17) is 15.6 Å². The Hall–Kier alpha value is -2.33. The summed E-state index contributed by atoms with van der Waals surface area (Å²) in [5, 5.41) is 8.25. The van der Waals surface area contributed by atoms with E-state index in [1.165, 1.54) is 12.1 Å². The third-order valence-corrected chi connectivity index (χ3v) is 5.24. The van der Waals surface area contributed by atoms with Crippen molar-refractivity contribution in [2.24, 2.45) is 15.9 Å². The van der Waals surface area contributed by atoms with Crippen LogP contribution in [0.15, 0.2) is 34.2 Å². The Balaban J connectivity index is 1.74. The fraction of sp³-hybridized carbons (Fsp3) is 0.529. The summed E-state index contributed by atoms with van der Waals surface area (Å²) in [4.78, 5) is 17.8. The van der Waals surface area contributed by atoms with Gasteiger partial charge >= 0.3 is 6.09 Å². The molecule has 10 heteroatoms. The van der Waals surface area contributed by atoms with Crippen molar-refractivity contribution in [3.05, 3.63) is 29.8 Å². The lowest BCUT2D eigenvalue weighted by Gasteiger charge is -2.31. The second kappa shape index (κ2) is 9.56. The molecule has 27 heavy (non-hydrogen) atoms. The lowest BCUT2D eigenvalue weighted by atomic mass is 10.1. The number of nitrogens with one attached hydrogen (secondary N) is 1. The van der Waals surface area contributed by atoms with E-state index >= 15 is 0 Å². The van der Waals surface area contributed by atoms with Gasteiger partial charge in [0.1, 0.15) is 0 Å². The molecular formula is C17H27N5O4S. The molecule has 0 spiro atoms. The minimum Gasteiger partial charge on any atom is -0.450 e. The van der Waals surface area contributed by atoms with Crippen molar-refractivity contribution in [1.29, 1.82) is 0 Å². The first kappa shape index (κ1) is 21.0. The molecule has 1 aliphatic heterocycles. The van der Waals surface area contributed by atoms with Gasteiger partial charge in [-0.1, -0.05) is 12.1 Å². The van der Waals surface area contributed by atoms with Crippen molar-refractivity contribution in [2.75, 3.05) is 26.2 Å². The number of aliphatic imine (C=N–C) groups is 1. The topological polar surface area (TPSA) is 140 Å². The van der Waals surface area contributed by atoms with Crippen molar-refractivity contribution >= 4 is 22.1 Å². The predicted molar refractivity (Wildman–Crippen MR) is 103 cm³/mol. The van der Waals surface area contributed by atoms with E-state index in [2.05, 4.69) is 10.3 Å². The fourth-order valence-electron chi connectivity index (χ4n) is 2.83. The number of likely N-dealkylation sites (tertiary alicyclic amines) is 1. The highest BCUT2D eigenvalue weighted by molar-refractivity contribution is 7.89. The van der Waals surface area contributed by atoms with Crippen LogP contribution < -0.4 is 16.2 Å². The number of benzene rings is 1. The van der Waals surface area contributed by atoms with Gasteiger partial charge < -0.3 is 20.7 Å². The molecule has 0 bridgehead atoms. The van der Waals surface area contributed by atoms with Gasteiger partial charge in [0.05, 0.1) is 11.5 Å². The summed E-state index contributed by atoms with van der Waals surface area (Å²) >= 11 is 0. The Morgan fingerprint density at radius 3 is 2.48 bits per heavy atom. The molecule has 1 saturated heterocycles. The molecule has 1 aromatic carbocycles. The first-order chi connectivity index (χ1) is 12.8. The molecule has 1 heterocycles. The van der Waals surface area contributed by atoms with Crippen LogP contribution in [0.1, 0.15) is 25.3 Å². The monoisotopic (exact) mass is 397 g/mol. The molecule has 5 N–H and O–H groups in total. The molecule has 0 radical (unpaired) electrons. The van der Waals surface area contributed by atoms with Crippen molar-refractivity contribution in [2.45, 2.75) is 37.1 Å². The van der Waals surface area contributed by atoms with E-state index in [1.54, 1.807) is 24.0 Å². The minimum atomic E-state index is -3.67. The summed E-state index contributed by atoms with van der Waals surface area (Å²) in [6.07, 6.45) is 1.92. The molecule has 150 valence electrons. The number of amides is 1. The largest absolute Gasteiger partial charge is 0.450 e. The zero-order valence-electron chi connectivity index (χ0n) is 15.4. The lowest BCUT2D eigenvalue weighted by molar-refractivity contribution is 0.0963. The van der Waals surface area contributed by atoms with Crippen molar-refractivity contribution < 1.29 is 17.9 Å². The average Bonchev–Trinajstić information content (AvgIpc) is 2.62. The SMILES string of the molecule is CCOC(=O)N1CCC(NC(N)=NCCc2ccc(S(N)(=O)=O)cc2)CC1. The number of piperidine rings is 1. The highest BCUT2D eigenvalue weighted by Crippen LogP contribution is 2.12. The number of guanidine groups is 1. The molecule has 9 nitrogen and oxygen atoms in total. The maximum atomic E-state index is 11.7. The Morgan fingerprint density at radius 2 is 1.93 bits per heavy atom. The molecule has 1 fully saturated rings. The summed E-state index contributed by atoms with van der Waals surface area (Å²) in [5.74, 6) is 0.366. The number of hydrogen-bond acceptors (Lipinski definition) is 5. The summed E-state index contributed by atoms with van der Waals surface area (Å²) in [5.41, 5.74) is 6.88. The van der Waals surface area contributed by atoms with Crippen LogP contribution >= 0.6 is 0 Å². The fourth-order valence-corrected chi connectivity index (χ4v) is 3.34. The Kier molecular flexibility index (Phi) is 7.43. The van der Waals surface area contributed by atoms with Crippen LogP contribution in [-0.2, 0) is 21.2 Å². The van der Waals surface area contributed by atoms with Crippen LogP contribution in [0.5, 0.6) is 0 Å². The number of rotatable bonds is 6. The third kappa shape index (κ3) is 6.72. The molecule has 0 saturated carbocycles. The van der Waals surface area contributed by atoms with E-state index in [-0.39, 0.29) is 17.0 Å². The zero-order valence-corrected chi connectivity index (χ0v) is 16.2. The molecule has 1 aromatic rings. The minimum absolute atomic E-state index is 0.0880. The Labute approximate surface area is 159 Å². The van der Waals surface area contributed by atoms with Gasteiger partial charge in [0.25, 0.3) is 0 Å². The number of sulfonamides is 1. The van der Waals surface area contributed by atoms with Crippen LogP contribution in [0.2, 0.25) is 0 Å². The van der Waals surface area contributed by atoms with Gasteiger partial charge in [-0.3, -0.25) is 4.99 Å². The van der Waals surface area contributed by atoms with E-state index in [1.807, 2.05) is 0 Å². The second-order valence-electron chi connectivity index (χ2n) is 6.31. The number of carbonyl (C=O) groups is 1. The first-order valence-electron chi connectivity index (χ1n) is 8.89. The zero-order chi connectivity index (χ0) is 19.9. The quantitative estimate of drug-likeness (QED) is 0.469. The molecule has 0 aromatic heterocycles. The third-order valence-electron chi connectivity index (χ3n) is 4.31. The van der Waals surface area contributed by atoms with Gasteiger partial charge in [0.15, 0.2) is 5.96 Å². The van der Waals surface area contributed by atoms with Gasteiger partial charge in [-0.25, -0.2) is 18.4 Å². The maximum absolute atomic E-state index is 11.7. The van der Waals surface area contributed by atoms with Crippen molar-refractivity contribution in [1.82, 2.24) is 10.2 Å². The number of ether oxygens (including phenoxy) is 1. The van der Waals surface area contributed by atoms with Gasteiger partial charge in [-0.2, -0.15) is 0 Å². The molecule has 1 amide bonds. The number of primary sulfonamides is 1. The van der Waals surface area contributed by atoms with Crippen LogP contribution in [0.3, 0.4) is 0 Å². The van der Waals surface area contributed by atoms with Gasteiger partial charge in [0.2, 0.25) is 10.0 Å². The Morgan fingerprint density at radius 1 is 1.30 bits per heavy atom. The molecule has 0 atom stereocenters. The van der Waals surface area contributed by atoms with Crippen LogP contribution in [-0.4, -0.2) is 57.7 Å². The van der Waals surface area contributed by atoms with Gasteiger partial charge in [-0.05, 0) is 43.9 Å². The number of hydrogen-bond donors (Lipinski definition) is 3. The van der Waals surface area contributed by atoms with Crippen molar-refractivity contribution in [3.63, 3.8) is 0 Å². The maximum Gasteiger partial charge on any atom is 0.409 e. The second-order valence-corrected chi connectivity index (χ2v) is 7.87. The van der Waals surface area contributed by atoms with Crippen LogP contribution in [0, 0.1) is 0 Å². The number of nitrogens with two attached hydrogens (primary N) is 2. The summed E-state index contributed by atoms with van der Waals surface area (Å²) in [6, 6.07) is 6.56. The molecule has 2 rings (SSSR count). The number of carbonyl (C=O) groups excluding carboxylic acids is 1. The van der Waals surface area contributed by atoms with E-state index in [9.17, 15) is 13.2 Å². The van der Waals surface area contributed by atoms with Gasteiger partial charge in [-0.15, -0.1) is 0 Å². The molecule has 0 unspecified atom stereocenters. The summed E-state index contributed by atoms with van der Waals surface area (Å²) in [7, 11) is -3.67. The normalized spacial score (nSPS) is 16.2. The van der Waals surface area contributed by atoms with Crippen LogP contribution in [0.25, 0.3) is 0 Å². The van der Waals surface area contributed by atoms with E-state index in [0.29, 0.717) is 38.6 Å². The first-order valence-corrected chi connectivity index (χ1v) is 10.4. The number of nitrogens with zero attached hydrogens (tertiary/aromatic N) is 2. The summed E-state index contributed by atoms with van der Waals surface area (Å²) < 4.78 is 27.5.